The minimum atomic E-state index is -0.407. The third kappa shape index (κ3) is 3.88. The molecular formula is C13H12N4O2. The molecule has 0 radical (unpaired) electrons. The Hall–Kier alpha value is -2.76. The van der Waals surface area contributed by atoms with Crippen molar-refractivity contribution in [3.8, 4) is 0 Å². The molecule has 0 aromatic carbocycles. The molecule has 2 rings (SSSR count). The summed E-state index contributed by atoms with van der Waals surface area (Å²) in [6.07, 6.45) is 9.23. The van der Waals surface area contributed by atoms with E-state index in [1.165, 1.54) is 24.8 Å². The lowest BCUT2D eigenvalue weighted by atomic mass is 10.3. The molecular weight excluding hydrogens is 244 g/mol. The van der Waals surface area contributed by atoms with E-state index in [4.69, 9.17) is 4.42 Å². The van der Waals surface area contributed by atoms with Crippen molar-refractivity contribution in [2.75, 3.05) is 0 Å². The molecule has 19 heavy (non-hydrogen) atoms. The number of allylic oxidation sites excluding steroid dienone is 1. The van der Waals surface area contributed by atoms with Gasteiger partial charge in [-0.1, -0.05) is 0 Å². The molecule has 0 saturated heterocycles. The van der Waals surface area contributed by atoms with Gasteiger partial charge in [0.2, 0.25) is 0 Å². The van der Waals surface area contributed by atoms with E-state index in [1.54, 1.807) is 18.4 Å². The van der Waals surface area contributed by atoms with Crippen LogP contribution in [0.2, 0.25) is 0 Å². The van der Waals surface area contributed by atoms with Crippen LogP contribution < -0.4 is 5.43 Å². The van der Waals surface area contributed by atoms with Gasteiger partial charge >= 0.3 is 0 Å². The first-order valence-corrected chi connectivity index (χ1v) is 5.57. The summed E-state index contributed by atoms with van der Waals surface area (Å²) in [6.45, 7) is 1.85. The molecule has 2 aromatic rings. The third-order valence-corrected chi connectivity index (χ3v) is 2.14. The molecule has 0 fully saturated rings. The number of nitrogens with zero attached hydrogens (tertiary/aromatic N) is 3. The molecule has 0 unspecified atom stereocenters. The van der Waals surface area contributed by atoms with Crippen LogP contribution in [0.15, 0.2) is 52.1 Å². The number of hydrogen-bond acceptors (Lipinski definition) is 5. The van der Waals surface area contributed by atoms with Crippen molar-refractivity contribution in [1.29, 1.82) is 0 Å². The number of hydrogen-bond donors (Lipinski definition) is 1. The molecule has 0 atom stereocenters. The van der Waals surface area contributed by atoms with Gasteiger partial charge in [0.15, 0.2) is 0 Å². The van der Waals surface area contributed by atoms with Gasteiger partial charge in [0.05, 0.1) is 18.7 Å². The van der Waals surface area contributed by atoms with E-state index in [0.717, 1.165) is 11.3 Å². The van der Waals surface area contributed by atoms with Crippen LogP contribution in [0.25, 0.3) is 6.08 Å². The summed E-state index contributed by atoms with van der Waals surface area (Å²) in [6, 6.07) is 3.63. The Morgan fingerprint density at radius 3 is 3.05 bits per heavy atom. The SMILES string of the molecule is CC(C=NNC(=O)c1cnccn1)=Cc1ccco1. The van der Waals surface area contributed by atoms with Crippen LogP contribution in [0.4, 0.5) is 0 Å². The predicted octanol–water partition coefficient (Wildman–Crippen LogP) is 1.89. The number of carbonyl (C=O) groups is 1. The molecule has 0 aliphatic heterocycles. The van der Waals surface area contributed by atoms with E-state index in [1.807, 2.05) is 13.0 Å². The Morgan fingerprint density at radius 2 is 2.37 bits per heavy atom. The fourth-order valence-electron chi connectivity index (χ4n) is 1.30. The van der Waals surface area contributed by atoms with E-state index in [9.17, 15) is 4.79 Å². The molecule has 1 N–H and O–H groups in total. The zero-order valence-electron chi connectivity index (χ0n) is 10.3. The van der Waals surface area contributed by atoms with Crippen molar-refractivity contribution in [2.24, 2.45) is 5.10 Å². The fourth-order valence-corrected chi connectivity index (χ4v) is 1.30. The fraction of sp³-hybridized carbons (Fsp3) is 0.0769. The van der Waals surface area contributed by atoms with E-state index in [2.05, 4.69) is 20.5 Å². The number of amides is 1. The number of furan rings is 1. The molecule has 0 aliphatic rings. The van der Waals surface area contributed by atoms with Gasteiger partial charge in [0.1, 0.15) is 11.5 Å². The van der Waals surface area contributed by atoms with E-state index in [0.29, 0.717) is 0 Å². The van der Waals surface area contributed by atoms with Gasteiger partial charge in [-0.05, 0) is 30.7 Å². The van der Waals surface area contributed by atoms with Gasteiger partial charge < -0.3 is 4.42 Å². The van der Waals surface area contributed by atoms with Gasteiger partial charge in [-0.2, -0.15) is 5.10 Å². The highest BCUT2D eigenvalue weighted by molar-refractivity contribution is 5.93. The second-order valence-electron chi connectivity index (χ2n) is 3.69. The average Bonchev–Trinajstić information content (AvgIpc) is 2.92. The Labute approximate surface area is 109 Å². The van der Waals surface area contributed by atoms with Crippen molar-refractivity contribution in [1.82, 2.24) is 15.4 Å². The average molecular weight is 256 g/mol. The van der Waals surface area contributed by atoms with E-state index in [-0.39, 0.29) is 5.69 Å². The lowest BCUT2D eigenvalue weighted by Crippen LogP contribution is -2.19. The number of aromatic nitrogens is 2. The second kappa shape index (κ2) is 6.25. The summed E-state index contributed by atoms with van der Waals surface area (Å²) < 4.78 is 5.16. The first kappa shape index (κ1) is 12.7. The molecule has 6 heteroatoms. The maximum atomic E-state index is 11.6. The van der Waals surface area contributed by atoms with Gasteiger partial charge in [-0.3, -0.25) is 9.78 Å². The summed E-state index contributed by atoms with van der Waals surface area (Å²) >= 11 is 0. The Bertz CT molecular complexity index is 588. The first-order chi connectivity index (χ1) is 9.25. The molecule has 2 heterocycles. The molecule has 2 aromatic heterocycles. The lowest BCUT2D eigenvalue weighted by molar-refractivity contribution is 0.0949. The Balaban J connectivity index is 1.92. The normalized spacial score (nSPS) is 11.7. The highest BCUT2D eigenvalue weighted by Crippen LogP contribution is 2.05. The Morgan fingerprint density at radius 1 is 1.47 bits per heavy atom. The standard InChI is InChI=1S/C13H12N4O2/c1-10(7-11-3-2-6-19-11)8-16-17-13(18)12-9-14-4-5-15-12/h2-9H,1H3,(H,17,18). The molecule has 0 bridgehead atoms. The number of rotatable bonds is 4. The summed E-state index contributed by atoms with van der Waals surface area (Å²) in [4.78, 5) is 19.2. The molecule has 1 amide bonds. The second-order valence-corrected chi connectivity index (χ2v) is 3.69. The van der Waals surface area contributed by atoms with Crippen LogP contribution in [-0.4, -0.2) is 22.1 Å². The van der Waals surface area contributed by atoms with Gasteiger partial charge in [-0.25, -0.2) is 10.4 Å². The minimum Gasteiger partial charge on any atom is -0.465 e. The summed E-state index contributed by atoms with van der Waals surface area (Å²) in [7, 11) is 0. The van der Waals surface area contributed by atoms with Crippen LogP contribution in [0, 0.1) is 0 Å². The third-order valence-electron chi connectivity index (χ3n) is 2.14. The van der Waals surface area contributed by atoms with Crippen molar-refractivity contribution in [3.63, 3.8) is 0 Å². The summed E-state index contributed by atoms with van der Waals surface area (Å²) in [5.74, 6) is 0.319. The maximum Gasteiger partial charge on any atom is 0.291 e. The molecule has 0 spiro atoms. The van der Waals surface area contributed by atoms with Crippen LogP contribution in [0.1, 0.15) is 23.2 Å². The first-order valence-electron chi connectivity index (χ1n) is 5.57. The van der Waals surface area contributed by atoms with Crippen LogP contribution in [0.5, 0.6) is 0 Å². The van der Waals surface area contributed by atoms with Gasteiger partial charge in [0, 0.05) is 12.4 Å². The molecule has 0 saturated carbocycles. The topological polar surface area (TPSA) is 80.4 Å². The largest absolute Gasteiger partial charge is 0.465 e. The summed E-state index contributed by atoms with van der Waals surface area (Å²) in [5.41, 5.74) is 3.42. The predicted molar refractivity (Wildman–Crippen MR) is 70.3 cm³/mol. The zero-order chi connectivity index (χ0) is 13.5. The lowest BCUT2D eigenvalue weighted by Gasteiger charge is -1.97. The smallest absolute Gasteiger partial charge is 0.291 e. The number of hydrazone groups is 1. The van der Waals surface area contributed by atoms with Crippen LogP contribution in [-0.2, 0) is 0 Å². The minimum absolute atomic E-state index is 0.215. The van der Waals surface area contributed by atoms with Crippen molar-refractivity contribution in [2.45, 2.75) is 6.92 Å². The quantitative estimate of drug-likeness (QED) is 0.669. The highest BCUT2D eigenvalue weighted by Gasteiger charge is 2.04. The van der Waals surface area contributed by atoms with Crippen molar-refractivity contribution >= 4 is 18.2 Å². The van der Waals surface area contributed by atoms with Gasteiger partial charge in [0.25, 0.3) is 5.91 Å². The Kier molecular flexibility index (Phi) is 4.17. The van der Waals surface area contributed by atoms with Crippen molar-refractivity contribution in [3.05, 3.63) is 54.0 Å². The highest BCUT2D eigenvalue weighted by atomic mass is 16.3. The number of carbonyl (C=O) groups excluding carboxylic acids is 1. The van der Waals surface area contributed by atoms with E-state index >= 15 is 0 Å². The molecule has 6 nitrogen and oxygen atoms in total. The van der Waals surface area contributed by atoms with Gasteiger partial charge in [-0.15, -0.1) is 0 Å². The van der Waals surface area contributed by atoms with Crippen LogP contribution in [0.3, 0.4) is 0 Å². The van der Waals surface area contributed by atoms with E-state index < -0.39 is 5.91 Å². The molecule has 0 aliphatic carbocycles. The zero-order valence-corrected chi connectivity index (χ0v) is 10.3. The summed E-state index contributed by atoms with van der Waals surface area (Å²) in [5, 5.41) is 3.83. The molecule has 96 valence electrons. The van der Waals surface area contributed by atoms with Crippen LogP contribution >= 0.6 is 0 Å². The van der Waals surface area contributed by atoms with Crippen molar-refractivity contribution < 1.29 is 9.21 Å². The number of nitrogens with one attached hydrogen (secondary N) is 1. The monoisotopic (exact) mass is 256 g/mol. The maximum absolute atomic E-state index is 11.6.